The van der Waals surface area contributed by atoms with Crippen LogP contribution < -0.4 is 14.8 Å². The molecule has 176 valence electrons. The summed E-state index contributed by atoms with van der Waals surface area (Å²) in [5.41, 5.74) is -0.284. The summed E-state index contributed by atoms with van der Waals surface area (Å²) in [5.74, 6) is -1.35. The second-order valence-corrected chi connectivity index (χ2v) is 6.72. The Morgan fingerprint density at radius 1 is 1.00 bits per heavy atom. The van der Waals surface area contributed by atoms with E-state index in [9.17, 15) is 24.5 Å². The van der Waals surface area contributed by atoms with E-state index in [-0.39, 0.29) is 17.7 Å². The van der Waals surface area contributed by atoms with Crippen LogP contribution in [0, 0.1) is 10.1 Å². The van der Waals surface area contributed by atoms with Gasteiger partial charge in [-0.25, -0.2) is 9.59 Å². The Morgan fingerprint density at radius 3 is 2.18 bits per heavy atom. The molecule has 1 amide bonds. The Balaban J connectivity index is 2.09. The summed E-state index contributed by atoms with van der Waals surface area (Å²) in [6.45, 7) is 2.69. The lowest BCUT2D eigenvalue weighted by atomic mass is 10.1. The summed E-state index contributed by atoms with van der Waals surface area (Å²) in [7, 11) is 3.00. The number of hydrogen-bond donors (Lipinski definition) is 1. The molecule has 2 rings (SSSR count). The number of nitro benzene ring substituents is 1. The van der Waals surface area contributed by atoms with Crippen molar-refractivity contribution in [3.63, 3.8) is 0 Å². The van der Waals surface area contributed by atoms with E-state index in [0.717, 1.165) is 18.2 Å². The van der Waals surface area contributed by atoms with Crippen molar-refractivity contribution in [3.05, 3.63) is 63.2 Å². The number of hydrogen-bond acceptors (Lipinski definition) is 9. The van der Waals surface area contributed by atoms with Crippen molar-refractivity contribution in [2.24, 2.45) is 0 Å². The fourth-order valence-corrected chi connectivity index (χ4v) is 2.92. The number of nitrogens with one attached hydrogen (secondary N) is 1. The summed E-state index contributed by atoms with van der Waals surface area (Å²) in [6, 6.07) is 7.65. The van der Waals surface area contributed by atoms with Gasteiger partial charge in [0.2, 0.25) is 0 Å². The normalized spacial score (nSPS) is 11.2. The van der Waals surface area contributed by atoms with Gasteiger partial charge in [0, 0.05) is 17.7 Å². The minimum atomic E-state index is -1.01. The number of amides is 1. The zero-order valence-corrected chi connectivity index (χ0v) is 18.6. The molecule has 1 atom stereocenters. The van der Waals surface area contributed by atoms with E-state index in [1.807, 2.05) is 0 Å². The zero-order chi connectivity index (χ0) is 24.5. The molecule has 2 aromatic rings. The van der Waals surface area contributed by atoms with Crippen molar-refractivity contribution in [2.75, 3.05) is 27.4 Å². The molecule has 0 saturated carbocycles. The summed E-state index contributed by atoms with van der Waals surface area (Å²) in [5, 5.41) is 13.8. The molecule has 33 heavy (non-hydrogen) atoms. The monoisotopic (exact) mass is 460 g/mol. The Hall–Kier alpha value is -4.15. The Labute approximate surface area is 189 Å². The molecule has 0 radical (unpaired) electrons. The van der Waals surface area contributed by atoms with Crippen molar-refractivity contribution in [1.82, 2.24) is 5.32 Å². The van der Waals surface area contributed by atoms with Gasteiger partial charge in [-0.15, -0.1) is 0 Å². The molecule has 11 heteroatoms. The topological polar surface area (TPSA) is 143 Å². The van der Waals surface area contributed by atoms with Crippen LogP contribution in [0.4, 0.5) is 5.69 Å². The van der Waals surface area contributed by atoms with Crippen LogP contribution in [0.3, 0.4) is 0 Å². The van der Waals surface area contributed by atoms with Gasteiger partial charge in [-0.05, 0) is 38.1 Å². The average molecular weight is 460 g/mol. The number of esters is 2. The number of carbonyl (C=O) groups excluding carboxylic acids is 3. The fourth-order valence-electron chi connectivity index (χ4n) is 2.92. The smallest absolute Gasteiger partial charge is 0.338 e. The summed E-state index contributed by atoms with van der Waals surface area (Å²) in [6.07, 6.45) is 0. The second kappa shape index (κ2) is 11.5. The first-order chi connectivity index (χ1) is 15.7. The van der Waals surface area contributed by atoms with Gasteiger partial charge in [0.25, 0.3) is 11.6 Å². The molecule has 0 fully saturated rings. The number of rotatable bonds is 10. The molecule has 0 spiro atoms. The molecule has 0 heterocycles. The SMILES string of the molecule is CCOC(=O)c1cc(C(=O)OCC(=O)NC(C)c2cc(OC)ccc2OC)cc([N+](=O)[O-])c1. The maximum absolute atomic E-state index is 12.4. The molecular weight excluding hydrogens is 436 g/mol. The molecule has 11 nitrogen and oxygen atoms in total. The number of benzene rings is 2. The van der Waals surface area contributed by atoms with Gasteiger partial charge >= 0.3 is 11.9 Å². The molecule has 1 N–H and O–H groups in total. The van der Waals surface area contributed by atoms with Crippen molar-refractivity contribution >= 4 is 23.5 Å². The quantitative estimate of drug-likeness (QED) is 0.321. The third kappa shape index (κ3) is 6.66. The van der Waals surface area contributed by atoms with Crippen LogP contribution in [-0.4, -0.2) is 50.2 Å². The zero-order valence-electron chi connectivity index (χ0n) is 18.6. The van der Waals surface area contributed by atoms with Gasteiger partial charge in [-0.3, -0.25) is 14.9 Å². The van der Waals surface area contributed by atoms with Gasteiger partial charge < -0.3 is 24.3 Å². The van der Waals surface area contributed by atoms with Crippen LogP contribution in [0.15, 0.2) is 36.4 Å². The molecule has 0 saturated heterocycles. The van der Waals surface area contributed by atoms with Crippen molar-refractivity contribution < 1.29 is 38.3 Å². The van der Waals surface area contributed by atoms with E-state index < -0.39 is 41.1 Å². The number of carbonyl (C=O) groups is 3. The number of nitrogens with zero attached hydrogens (tertiary/aromatic N) is 1. The maximum atomic E-state index is 12.4. The number of non-ortho nitro benzene ring substituents is 1. The summed E-state index contributed by atoms with van der Waals surface area (Å²) >= 11 is 0. The third-order valence-corrected chi connectivity index (χ3v) is 4.49. The largest absolute Gasteiger partial charge is 0.497 e. The van der Waals surface area contributed by atoms with Crippen LogP contribution in [0.25, 0.3) is 0 Å². The van der Waals surface area contributed by atoms with Crippen molar-refractivity contribution in [1.29, 1.82) is 0 Å². The van der Waals surface area contributed by atoms with Gasteiger partial charge in [-0.2, -0.15) is 0 Å². The van der Waals surface area contributed by atoms with E-state index in [1.54, 1.807) is 32.0 Å². The molecular formula is C22H24N2O9. The van der Waals surface area contributed by atoms with E-state index in [2.05, 4.69) is 5.32 Å². The van der Waals surface area contributed by atoms with Crippen LogP contribution in [0.1, 0.15) is 46.2 Å². The Kier molecular flexibility index (Phi) is 8.72. The molecule has 0 aromatic heterocycles. The van der Waals surface area contributed by atoms with Gasteiger partial charge in [0.05, 0.1) is 42.9 Å². The Morgan fingerprint density at radius 2 is 1.64 bits per heavy atom. The minimum absolute atomic E-state index is 0.0533. The number of methoxy groups -OCH3 is 2. The number of ether oxygens (including phenoxy) is 4. The van der Waals surface area contributed by atoms with E-state index in [1.165, 1.54) is 14.2 Å². The molecule has 0 bridgehead atoms. The fraction of sp³-hybridized carbons (Fsp3) is 0.318. The lowest BCUT2D eigenvalue weighted by Crippen LogP contribution is -2.31. The summed E-state index contributed by atoms with van der Waals surface area (Å²) in [4.78, 5) is 47.0. The van der Waals surface area contributed by atoms with E-state index in [4.69, 9.17) is 18.9 Å². The highest BCUT2D eigenvalue weighted by Gasteiger charge is 2.21. The number of nitro groups is 1. The van der Waals surface area contributed by atoms with Crippen LogP contribution in [-0.2, 0) is 14.3 Å². The lowest BCUT2D eigenvalue weighted by molar-refractivity contribution is -0.384. The van der Waals surface area contributed by atoms with E-state index >= 15 is 0 Å². The first-order valence-corrected chi connectivity index (χ1v) is 9.85. The van der Waals surface area contributed by atoms with Crippen LogP contribution in [0.5, 0.6) is 11.5 Å². The standard InChI is InChI=1S/C22H24N2O9/c1-5-32-21(26)14-8-15(10-16(9-14)24(28)29)22(27)33-12-20(25)23-13(2)18-11-17(30-3)6-7-19(18)31-4/h6-11,13H,5,12H2,1-4H3,(H,23,25). The predicted octanol–water partition coefficient (Wildman–Crippen LogP) is 2.82. The first kappa shape index (κ1) is 25.1. The molecule has 0 aliphatic rings. The highest BCUT2D eigenvalue weighted by atomic mass is 16.6. The van der Waals surface area contributed by atoms with Crippen LogP contribution >= 0.6 is 0 Å². The van der Waals surface area contributed by atoms with Gasteiger partial charge in [0.1, 0.15) is 11.5 Å². The second-order valence-electron chi connectivity index (χ2n) is 6.72. The van der Waals surface area contributed by atoms with E-state index in [0.29, 0.717) is 17.1 Å². The molecule has 0 aliphatic heterocycles. The minimum Gasteiger partial charge on any atom is -0.497 e. The average Bonchev–Trinajstić information content (AvgIpc) is 2.81. The van der Waals surface area contributed by atoms with Crippen molar-refractivity contribution in [3.8, 4) is 11.5 Å². The summed E-state index contributed by atoms with van der Waals surface area (Å²) < 4.78 is 20.3. The predicted molar refractivity (Wildman–Crippen MR) is 115 cm³/mol. The highest BCUT2D eigenvalue weighted by Crippen LogP contribution is 2.29. The third-order valence-electron chi connectivity index (χ3n) is 4.49. The molecule has 2 aromatic carbocycles. The van der Waals surface area contributed by atoms with Crippen molar-refractivity contribution in [2.45, 2.75) is 19.9 Å². The highest BCUT2D eigenvalue weighted by molar-refractivity contribution is 5.97. The Bertz CT molecular complexity index is 1050. The first-order valence-electron chi connectivity index (χ1n) is 9.85. The lowest BCUT2D eigenvalue weighted by Gasteiger charge is -2.18. The maximum Gasteiger partial charge on any atom is 0.338 e. The van der Waals surface area contributed by atoms with Gasteiger partial charge in [-0.1, -0.05) is 0 Å². The van der Waals surface area contributed by atoms with Crippen LogP contribution in [0.2, 0.25) is 0 Å². The van der Waals surface area contributed by atoms with Gasteiger partial charge in [0.15, 0.2) is 6.61 Å². The molecule has 1 unspecified atom stereocenters. The molecule has 0 aliphatic carbocycles.